The van der Waals surface area contributed by atoms with Gasteiger partial charge in [0.05, 0.1) is 18.4 Å². The van der Waals surface area contributed by atoms with Crippen LogP contribution in [0.1, 0.15) is 42.3 Å². The highest BCUT2D eigenvalue weighted by molar-refractivity contribution is 6.10. The fourth-order valence-corrected chi connectivity index (χ4v) is 3.65. The van der Waals surface area contributed by atoms with Crippen LogP contribution < -0.4 is 9.64 Å². The molecule has 0 radical (unpaired) electrons. The summed E-state index contributed by atoms with van der Waals surface area (Å²) in [7, 11) is 3.67. The number of hydrogen-bond donors (Lipinski definition) is 0. The third kappa shape index (κ3) is 4.90. The molecule has 1 saturated heterocycles. The normalized spacial score (nSPS) is 15.6. The fourth-order valence-electron chi connectivity index (χ4n) is 3.65. The number of rotatable bonds is 5. The molecule has 0 atom stereocenters. The Morgan fingerprint density at radius 2 is 1.80 bits per heavy atom. The van der Waals surface area contributed by atoms with Gasteiger partial charge in [0, 0.05) is 31.7 Å². The van der Waals surface area contributed by atoms with Crippen LogP contribution in [-0.2, 0) is 5.41 Å². The van der Waals surface area contributed by atoms with Gasteiger partial charge in [-0.2, -0.15) is 0 Å². The third-order valence-electron chi connectivity index (χ3n) is 5.59. The molecule has 160 valence electrons. The minimum atomic E-state index is -0.489. The number of likely N-dealkylation sites (N-methyl/N-ethyl adjacent to an activating group) is 1. The maximum atomic E-state index is 14.7. The van der Waals surface area contributed by atoms with Crippen LogP contribution in [0.15, 0.2) is 42.5 Å². The highest BCUT2D eigenvalue weighted by Crippen LogP contribution is 2.30. The van der Waals surface area contributed by atoms with Gasteiger partial charge in [-0.15, -0.1) is 0 Å². The first-order valence-electron chi connectivity index (χ1n) is 10.3. The molecule has 1 aliphatic rings. The molecular formula is C25H31FN2O2. The number of methoxy groups -OCH3 is 1. The highest BCUT2D eigenvalue weighted by Gasteiger charge is 2.22. The van der Waals surface area contributed by atoms with Crippen LogP contribution in [0, 0.1) is 5.82 Å². The van der Waals surface area contributed by atoms with Gasteiger partial charge in [-0.3, -0.25) is 4.79 Å². The zero-order valence-electron chi connectivity index (χ0n) is 18.5. The molecule has 2 aromatic carbocycles. The lowest BCUT2D eigenvalue weighted by Gasteiger charge is -2.35. The molecule has 30 heavy (non-hydrogen) atoms. The van der Waals surface area contributed by atoms with Gasteiger partial charge in [0.25, 0.3) is 0 Å². The van der Waals surface area contributed by atoms with Crippen LogP contribution >= 0.6 is 0 Å². The molecule has 4 nitrogen and oxygen atoms in total. The van der Waals surface area contributed by atoms with E-state index in [-0.39, 0.29) is 16.8 Å². The molecule has 0 spiro atoms. The molecule has 1 fully saturated rings. The molecule has 3 rings (SSSR count). The molecule has 1 heterocycles. The van der Waals surface area contributed by atoms with Crippen molar-refractivity contribution < 1.29 is 13.9 Å². The lowest BCUT2D eigenvalue weighted by Crippen LogP contribution is -2.45. The molecule has 0 amide bonds. The Morgan fingerprint density at radius 3 is 2.43 bits per heavy atom. The van der Waals surface area contributed by atoms with Crippen molar-refractivity contribution in [2.45, 2.75) is 26.2 Å². The van der Waals surface area contributed by atoms with Crippen molar-refractivity contribution in [1.82, 2.24) is 4.90 Å². The second-order valence-electron chi connectivity index (χ2n) is 8.83. The number of benzene rings is 2. The molecule has 0 bridgehead atoms. The van der Waals surface area contributed by atoms with Crippen molar-refractivity contribution in [3.63, 3.8) is 0 Å². The number of carbonyl (C=O) groups is 1. The summed E-state index contributed by atoms with van der Waals surface area (Å²) in [5, 5.41) is 0. The van der Waals surface area contributed by atoms with E-state index in [9.17, 15) is 9.18 Å². The number of piperazine rings is 1. The van der Waals surface area contributed by atoms with Crippen molar-refractivity contribution in [2.24, 2.45) is 0 Å². The Labute approximate surface area is 178 Å². The van der Waals surface area contributed by atoms with Crippen molar-refractivity contribution in [1.29, 1.82) is 0 Å². The van der Waals surface area contributed by atoms with Crippen LogP contribution in [-0.4, -0.2) is 51.0 Å². The summed E-state index contributed by atoms with van der Waals surface area (Å²) in [6, 6.07) is 10.8. The van der Waals surface area contributed by atoms with Gasteiger partial charge < -0.3 is 14.5 Å². The number of hydrogen-bond acceptors (Lipinski definition) is 4. The number of carbonyl (C=O) groups excluding carboxylic acids is 1. The van der Waals surface area contributed by atoms with E-state index in [1.807, 2.05) is 24.3 Å². The molecule has 0 aliphatic carbocycles. The topological polar surface area (TPSA) is 32.8 Å². The number of anilines is 1. The predicted octanol–water partition coefficient (Wildman–Crippen LogP) is 4.78. The van der Waals surface area contributed by atoms with E-state index in [1.165, 1.54) is 12.1 Å². The maximum absolute atomic E-state index is 14.7. The van der Waals surface area contributed by atoms with Crippen molar-refractivity contribution in [3.05, 3.63) is 65.0 Å². The zero-order chi connectivity index (χ0) is 21.9. The Hall–Kier alpha value is -2.66. The molecule has 5 heteroatoms. The first kappa shape index (κ1) is 22.0. The van der Waals surface area contributed by atoms with Crippen LogP contribution in [0.5, 0.6) is 5.75 Å². The van der Waals surface area contributed by atoms with E-state index < -0.39 is 5.82 Å². The minimum Gasteiger partial charge on any atom is -0.496 e. The Kier molecular flexibility index (Phi) is 6.61. The van der Waals surface area contributed by atoms with E-state index in [2.05, 4.69) is 37.6 Å². The monoisotopic (exact) mass is 410 g/mol. The lowest BCUT2D eigenvalue weighted by molar-refractivity contribution is 0.104. The van der Waals surface area contributed by atoms with Crippen LogP contribution in [0.2, 0.25) is 0 Å². The van der Waals surface area contributed by atoms with Crippen molar-refractivity contribution in [3.8, 4) is 5.75 Å². The Balaban J connectivity index is 1.92. The Bertz CT molecular complexity index is 939. The maximum Gasteiger partial charge on any atom is 0.190 e. The summed E-state index contributed by atoms with van der Waals surface area (Å²) < 4.78 is 20.2. The zero-order valence-corrected chi connectivity index (χ0v) is 18.5. The summed E-state index contributed by atoms with van der Waals surface area (Å²) in [6.07, 6.45) is 3.17. The number of nitrogens with zero attached hydrogens (tertiary/aromatic N) is 2. The smallest absolute Gasteiger partial charge is 0.190 e. The van der Waals surface area contributed by atoms with E-state index in [1.54, 1.807) is 19.3 Å². The van der Waals surface area contributed by atoms with Crippen molar-refractivity contribution >= 4 is 17.5 Å². The van der Waals surface area contributed by atoms with E-state index in [0.717, 1.165) is 37.3 Å². The predicted molar refractivity (Wildman–Crippen MR) is 121 cm³/mol. The van der Waals surface area contributed by atoms with Crippen LogP contribution in [0.4, 0.5) is 10.1 Å². The number of allylic oxidation sites excluding steroid dienone is 1. The van der Waals surface area contributed by atoms with E-state index >= 15 is 0 Å². The SMILES string of the molecule is COc1ccc(C(C)(C)C)cc1C=CC(=O)c1c(F)cccc1N1CCN(C)CC1. The average molecular weight is 411 g/mol. The summed E-state index contributed by atoms with van der Waals surface area (Å²) in [5.41, 5.74) is 2.70. The largest absolute Gasteiger partial charge is 0.496 e. The number of ketones is 1. The lowest BCUT2D eigenvalue weighted by atomic mass is 9.86. The van der Waals surface area contributed by atoms with Crippen LogP contribution in [0.3, 0.4) is 0 Å². The summed E-state index contributed by atoms with van der Waals surface area (Å²) in [5.74, 6) is -0.151. The van der Waals surface area contributed by atoms with Gasteiger partial charge in [0.2, 0.25) is 0 Å². The first-order chi connectivity index (χ1) is 14.2. The third-order valence-corrected chi connectivity index (χ3v) is 5.59. The second-order valence-corrected chi connectivity index (χ2v) is 8.83. The number of halogens is 1. The molecule has 1 aliphatic heterocycles. The Morgan fingerprint density at radius 1 is 1.10 bits per heavy atom. The first-order valence-corrected chi connectivity index (χ1v) is 10.3. The molecule has 0 aromatic heterocycles. The molecule has 0 saturated carbocycles. The van der Waals surface area contributed by atoms with Gasteiger partial charge in [-0.1, -0.05) is 32.9 Å². The van der Waals surface area contributed by atoms with Gasteiger partial charge in [0.1, 0.15) is 11.6 Å². The summed E-state index contributed by atoms with van der Waals surface area (Å²) >= 11 is 0. The van der Waals surface area contributed by atoms with Gasteiger partial charge >= 0.3 is 0 Å². The summed E-state index contributed by atoms with van der Waals surface area (Å²) in [6.45, 7) is 9.71. The summed E-state index contributed by atoms with van der Waals surface area (Å²) in [4.78, 5) is 17.4. The molecule has 0 unspecified atom stereocenters. The second kappa shape index (κ2) is 9.00. The molecule has 2 aromatic rings. The van der Waals surface area contributed by atoms with Gasteiger partial charge in [-0.05, 0) is 54.4 Å². The highest BCUT2D eigenvalue weighted by atomic mass is 19.1. The standard InChI is InChI=1S/C25H31FN2O2/c1-25(2,3)19-10-12-23(30-5)18(17-19)9-11-22(29)24-20(26)7-6-8-21(24)28-15-13-27(4)14-16-28/h6-12,17H,13-16H2,1-5H3. The molecule has 0 N–H and O–H groups in total. The van der Waals surface area contributed by atoms with Crippen molar-refractivity contribution in [2.75, 3.05) is 45.2 Å². The average Bonchev–Trinajstić information content (AvgIpc) is 2.71. The van der Waals surface area contributed by atoms with E-state index in [0.29, 0.717) is 11.4 Å². The van der Waals surface area contributed by atoms with E-state index in [4.69, 9.17) is 4.74 Å². The van der Waals surface area contributed by atoms with Gasteiger partial charge in [-0.25, -0.2) is 4.39 Å². The van der Waals surface area contributed by atoms with Crippen LogP contribution in [0.25, 0.3) is 6.08 Å². The molecular weight excluding hydrogens is 379 g/mol. The number of ether oxygens (including phenoxy) is 1. The minimum absolute atomic E-state index is 0.0288. The van der Waals surface area contributed by atoms with Gasteiger partial charge in [0.15, 0.2) is 5.78 Å². The quantitative estimate of drug-likeness (QED) is 0.525. The fraction of sp³-hybridized carbons (Fsp3) is 0.400.